The Morgan fingerprint density at radius 1 is 0.909 bits per heavy atom. The molecule has 68 valence electrons. The Hall–Kier alpha value is -0.0400. The molecule has 11 heavy (non-hydrogen) atoms. The van der Waals surface area contributed by atoms with Crippen LogP contribution in [0.4, 0.5) is 0 Å². The van der Waals surface area contributed by atoms with Gasteiger partial charge in [-0.1, -0.05) is 40.5 Å². The molecule has 0 aliphatic heterocycles. The molecule has 0 bridgehead atoms. The van der Waals surface area contributed by atoms with Crippen LogP contribution in [-0.2, 0) is 4.74 Å². The number of hydrogen-bond donors (Lipinski definition) is 0. The molecular weight excluding hydrogens is 136 g/mol. The van der Waals surface area contributed by atoms with Crippen molar-refractivity contribution in [1.82, 2.24) is 0 Å². The summed E-state index contributed by atoms with van der Waals surface area (Å²) in [7, 11) is 0. The van der Waals surface area contributed by atoms with Crippen molar-refractivity contribution in [1.29, 1.82) is 0 Å². The predicted molar refractivity (Wildman–Crippen MR) is 49.7 cm³/mol. The van der Waals surface area contributed by atoms with E-state index in [0.717, 1.165) is 25.0 Å². The van der Waals surface area contributed by atoms with Crippen molar-refractivity contribution in [2.45, 2.75) is 40.5 Å². The van der Waals surface area contributed by atoms with E-state index in [4.69, 9.17) is 4.74 Å². The molecule has 0 amide bonds. The molecule has 1 nitrogen and oxygen atoms in total. The molecule has 0 radical (unpaired) electrons. The largest absolute Gasteiger partial charge is 0.381 e. The Kier molecular flexibility index (Phi) is 6.63. The van der Waals surface area contributed by atoms with Gasteiger partial charge in [0.25, 0.3) is 0 Å². The van der Waals surface area contributed by atoms with E-state index < -0.39 is 0 Å². The van der Waals surface area contributed by atoms with Crippen LogP contribution >= 0.6 is 0 Å². The summed E-state index contributed by atoms with van der Waals surface area (Å²) < 4.78 is 5.54. The molecule has 0 spiro atoms. The van der Waals surface area contributed by atoms with Crippen LogP contribution in [0, 0.1) is 11.8 Å². The second-order valence-electron chi connectivity index (χ2n) is 3.56. The number of hydrogen-bond acceptors (Lipinski definition) is 1. The molecule has 0 aliphatic rings. The first-order valence-electron chi connectivity index (χ1n) is 4.78. The maximum Gasteiger partial charge on any atom is 0.0491 e. The van der Waals surface area contributed by atoms with Gasteiger partial charge in [-0.05, 0) is 11.8 Å². The third kappa shape index (κ3) is 6.36. The van der Waals surface area contributed by atoms with Crippen molar-refractivity contribution < 1.29 is 4.74 Å². The van der Waals surface area contributed by atoms with E-state index in [1.807, 2.05) is 0 Å². The molecule has 0 aromatic rings. The van der Waals surface area contributed by atoms with Crippen LogP contribution in [0.25, 0.3) is 0 Å². The second-order valence-corrected chi connectivity index (χ2v) is 3.56. The highest BCUT2D eigenvalue weighted by molar-refractivity contribution is 4.49. The van der Waals surface area contributed by atoms with Gasteiger partial charge in [0.2, 0.25) is 0 Å². The Balaban J connectivity index is 3.13. The minimum Gasteiger partial charge on any atom is -0.381 e. The van der Waals surface area contributed by atoms with E-state index in [9.17, 15) is 0 Å². The zero-order chi connectivity index (χ0) is 8.69. The van der Waals surface area contributed by atoms with Crippen LogP contribution in [-0.4, -0.2) is 13.2 Å². The fraction of sp³-hybridized carbons (Fsp3) is 1.00. The van der Waals surface area contributed by atoms with Crippen LogP contribution < -0.4 is 0 Å². The Morgan fingerprint density at radius 2 is 1.27 bits per heavy atom. The minimum absolute atomic E-state index is 0.721. The summed E-state index contributed by atoms with van der Waals surface area (Å²) in [4.78, 5) is 0. The summed E-state index contributed by atoms with van der Waals surface area (Å²) in [5.74, 6) is 1.44. The highest BCUT2D eigenvalue weighted by Crippen LogP contribution is 2.04. The topological polar surface area (TPSA) is 9.23 Å². The van der Waals surface area contributed by atoms with Gasteiger partial charge in [-0.3, -0.25) is 0 Å². The molecule has 0 heterocycles. The first-order valence-corrected chi connectivity index (χ1v) is 4.78. The van der Waals surface area contributed by atoms with E-state index >= 15 is 0 Å². The highest BCUT2D eigenvalue weighted by Gasteiger charge is 2.01. The lowest BCUT2D eigenvalue weighted by atomic mass is 10.1. The summed E-state index contributed by atoms with van der Waals surface area (Å²) >= 11 is 0. The molecule has 1 unspecified atom stereocenters. The van der Waals surface area contributed by atoms with Crippen LogP contribution in [0.1, 0.15) is 40.5 Å². The number of rotatable bonds is 6. The van der Waals surface area contributed by atoms with Gasteiger partial charge in [-0.2, -0.15) is 0 Å². The van der Waals surface area contributed by atoms with Gasteiger partial charge in [0.15, 0.2) is 0 Å². The van der Waals surface area contributed by atoms with Crippen LogP contribution in [0.5, 0.6) is 0 Å². The average molecular weight is 158 g/mol. The maximum atomic E-state index is 5.54. The van der Waals surface area contributed by atoms with Gasteiger partial charge in [0.1, 0.15) is 0 Å². The predicted octanol–water partition coefficient (Wildman–Crippen LogP) is 3.10. The first kappa shape index (κ1) is 11.0. The molecule has 0 N–H and O–H groups in total. The zero-order valence-electron chi connectivity index (χ0n) is 8.39. The van der Waals surface area contributed by atoms with Crippen molar-refractivity contribution in [2.24, 2.45) is 11.8 Å². The van der Waals surface area contributed by atoms with E-state index in [-0.39, 0.29) is 0 Å². The average Bonchev–Trinajstić information content (AvgIpc) is 2.04. The zero-order valence-corrected chi connectivity index (χ0v) is 8.39. The normalized spacial score (nSPS) is 16.4. The van der Waals surface area contributed by atoms with E-state index in [0.29, 0.717) is 0 Å². The van der Waals surface area contributed by atoms with Gasteiger partial charge in [0, 0.05) is 13.2 Å². The molecule has 0 fully saturated rings. The standard InChI is InChI=1S/C10H22O/c1-5-9(3)7-11-8-10(4)6-2/h9-10H,5-8H2,1-4H3/t9-,10?/m0/s1. The lowest BCUT2D eigenvalue weighted by molar-refractivity contribution is 0.0780. The van der Waals surface area contributed by atoms with E-state index in [1.54, 1.807) is 0 Å². The van der Waals surface area contributed by atoms with Gasteiger partial charge in [-0.25, -0.2) is 0 Å². The van der Waals surface area contributed by atoms with E-state index in [1.165, 1.54) is 12.8 Å². The molecule has 0 aliphatic carbocycles. The molecule has 0 rings (SSSR count). The van der Waals surface area contributed by atoms with Crippen LogP contribution in [0.15, 0.2) is 0 Å². The second kappa shape index (κ2) is 6.66. The van der Waals surface area contributed by atoms with Gasteiger partial charge in [0.05, 0.1) is 0 Å². The molecule has 0 saturated heterocycles. The van der Waals surface area contributed by atoms with Crippen molar-refractivity contribution in [2.75, 3.05) is 13.2 Å². The Labute approximate surface area is 71.1 Å². The monoisotopic (exact) mass is 158 g/mol. The van der Waals surface area contributed by atoms with Gasteiger partial charge < -0.3 is 4.74 Å². The lowest BCUT2D eigenvalue weighted by Gasteiger charge is -2.12. The molecule has 0 saturated carbocycles. The first-order chi connectivity index (χ1) is 5.20. The third-order valence-electron chi connectivity index (χ3n) is 2.20. The third-order valence-corrected chi connectivity index (χ3v) is 2.20. The van der Waals surface area contributed by atoms with Gasteiger partial charge in [-0.15, -0.1) is 0 Å². The van der Waals surface area contributed by atoms with Crippen molar-refractivity contribution in [3.63, 3.8) is 0 Å². The summed E-state index contributed by atoms with van der Waals surface area (Å²) in [6.45, 7) is 10.7. The molecular formula is C10H22O. The molecule has 0 aromatic carbocycles. The lowest BCUT2D eigenvalue weighted by Crippen LogP contribution is -2.10. The van der Waals surface area contributed by atoms with E-state index in [2.05, 4.69) is 27.7 Å². The molecule has 2 atom stereocenters. The SMILES string of the molecule is CCC(C)COC[C@@H](C)CC. The van der Waals surface area contributed by atoms with Crippen LogP contribution in [0.3, 0.4) is 0 Å². The maximum absolute atomic E-state index is 5.54. The smallest absolute Gasteiger partial charge is 0.0491 e. The Morgan fingerprint density at radius 3 is 1.55 bits per heavy atom. The minimum atomic E-state index is 0.721. The number of ether oxygens (including phenoxy) is 1. The van der Waals surface area contributed by atoms with Crippen molar-refractivity contribution >= 4 is 0 Å². The summed E-state index contributed by atoms with van der Waals surface area (Å²) in [6, 6.07) is 0. The van der Waals surface area contributed by atoms with Crippen molar-refractivity contribution in [3.05, 3.63) is 0 Å². The van der Waals surface area contributed by atoms with Gasteiger partial charge >= 0.3 is 0 Å². The molecule has 0 aromatic heterocycles. The van der Waals surface area contributed by atoms with Crippen LogP contribution in [0.2, 0.25) is 0 Å². The fourth-order valence-electron chi connectivity index (χ4n) is 0.706. The quantitative estimate of drug-likeness (QED) is 0.577. The summed E-state index contributed by atoms with van der Waals surface area (Å²) in [6.07, 6.45) is 2.45. The Bertz CT molecular complexity index is 70.9. The highest BCUT2D eigenvalue weighted by atomic mass is 16.5. The fourth-order valence-corrected chi connectivity index (χ4v) is 0.706. The van der Waals surface area contributed by atoms with Crippen molar-refractivity contribution in [3.8, 4) is 0 Å². The summed E-state index contributed by atoms with van der Waals surface area (Å²) in [5, 5.41) is 0. The molecule has 1 heteroatoms. The summed E-state index contributed by atoms with van der Waals surface area (Å²) in [5.41, 5.74) is 0.